The Morgan fingerprint density at radius 2 is 1.73 bits per heavy atom. The molecule has 0 saturated heterocycles. The Balaban J connectivity index is 3.37. The van der Waals surface area contributed by atoms with Crippen LogP contribution in [0.15, 0.2) is 30.3 Å². The summed E-state index contributed by atoms with van der Waals surface area (Å²) in [7, 11) is 0. The van der Waals surface area contributed by atoms with Gasteiger partial charge in [-0.05, 0) is 18.4 Å². The molecule has 0 saturated carbocycles. The van der Waals surface area contributed by atoms with E-state index in [0.29, 0.717) is 12.0 Å². The minimum atomic E-state index is -1.31. The number of nitrogens with zero attached hydrogens (tertiary/aromatic N) is 1. The van der Waals surface area contributed by atoms with Crippen LogP contribution in [-0.2, 0) is 25.6 Å². The van der Waals surface area contributed by atoms with E-state index >= 15 is 0 Å². The second kappa shape index (κ2) is 12.0. The maximum atomic E-state index is 13.1. The number of carboxylic acids is 1. The van der Waals surface area contributed by atoms with Crippen LogP contribution in [0.2, 0.25) is 0 Å². The summed E-state index contributed by atoms with van der Waals surface area (Å²) < 4.78 is 0. The summed E-state index contributed by atoms with van der Waals surface area (Å²) >= 11 is 0. The van der Waals surface area contributed by atoms with Crippen LogP contribution < -0.4 is 11.1 Å². The number of aliphatic hydroxyl groups excluding tert-OH is 1. The van der Waals surface area contributed by atoms with Crippen molar-refractivity contribution < 1.29 is 29.4 Å². The number of aliphatic hydroxyl groups is 1. The zero-order chi connectivity index (χ0) is 22.8. The zero-order valence-corrected chi connectivity index (χ0v) is 17.6. The molecule has 9 heteroatoms. The molecule has 0 aromatic heterocycles. The molecule has 1 rings (SSSR count). The lowest BCUT2D eigenvalue weighted by molar-refractivity contribution is -0.154. The maximum absolute atomic E-state index is 13.1. The van der Waals surface area contributed by atoms with Crippen molar-refractivity contribution in [2.45, 2.75) is 58.2 Å². The molecule has 0 bridgehead atoms. The Morgan fingerprint density at radius 1 is 1.13 bits per heavy atom. The number of amides is 3. The normalized spacial score (nSPS) is 14.8. The number of nitrogens with two attached hydrogens (primary N) is 1. The van der Waals surface area contributed by atoms with Crippen molar-refractivity contribution in [2.24, 2.45) is 11.7 Å². The number of hydrogen-bond acceptors (Lipinski definition) is 6. The Bertz CT molecular complexity index is 740. The van der Waals surface area contributed by atoms with Gasteiger partial charge in [-0.2, -0.15) is 0 Å². The van der Waals surface area contributed by atoms with Crippen LogP contribution in [0.5, 0.6) is 0 Å². The molecule has 0 aliphatic heterocycles. The predicted octanol–water partition coefficient (Wildman–Crippen LogP) is 0.298. The first-order valence-electron chi connectivity index (χ1n) is 9.93. The fraction of sp³-hybridized carbons (Fsp3) is 0.524. The number of aliphatic carboxylic acids is 1. The third-order valence-electron chi connectivity index (χ3n) is 4.99. The average Bonchev–Trinajstić information content (AvgIpc) is 2.72. The summed E-state index contributed by atoms with van der Waals surface area (Å²) in [5.41, 5.74) is 6.73. The minimum Gasteiger partial charge on any atom is -0.480 e. The summed E-state index contributed by atoms with van der Waals surface area (Å²) in [6, 6.07) is 5.18. The van der Waals surface area contributed by atoms with E-state index in [2.05, 4.69) is 5.32 Å². The summed E-state index contributed by atoms with van der Waals surface area (Å²) in [6.45, 7) is 4.38. The smallest absolute Gasteiger partial charge is 0.325 e. The molecule has 166 valence electrons. The molecule has 0 aliphatic carbocycles. The number of benzene rings is 1. The van der Waals surface area contributed by atoms with Gasteiger partial charge in [0.05, 0.1) is 19.1 Å². The first-order chi connectivity index (χ1) is 14.1. The molecule has 0 unspecified atom stereocenters. The molecule has 0 aliphatic rings. The molecular weight excluding hydrogens is 390 g/mol. The maximum Gasteiger partial charge on any atom is 0.325 e. The lowest BCUT2D eigenvalue weighted by atomic mass is 9.96. The summed E-state index contributed by atoms with van der Waals surface area (Å²) in [4.78, 5) is 50.8. The van der Waals surface area contributed by atoms with Gasteiger partial charge in [-0.25, -0.2) is 0 Å². The number of nitrogens with one attached hydrogen (secondary N) is 1. The highest BCUT2D eigenvalue weighted by Crippen LogP contribution is 2.16. The van der Waals surface area contributed by atoms with Gasteiger partial charge in [-0.3, -0.25) is 24.1 Å². The monoisotopic (exact) mass is 421 g/mol. The molecule has 0 heterocycles. The first-order valence-corrected chi connectivity index (χ1v) is 9.93. The molecular formula is C21H31N3O6. The van der Waals surface area contributed by atoms with Crippen LogP contribution in [0, 0.1) is 5.92 Å². The fourth-order valence-electron chi connectivity index (χ4n) is 2.83. The molecule has 30 heavy (non-hydrogen) atoms. The predicted molar refractivity (Wildman–Crippen MR) is 110 cm³/mol. The van der Waals surface area contributed by atoms with E-state index in [-0.39, 0.29) is 18.8 Å². The van der Waals surface area contributed by atoms with Crippen LogP contribution in [0.25, 0.3) is 0 Å². The second-order valence-corrected chi connectivity index (χ2v) is 7.26. The molecule has 1 aromatic carbocycles. The Morgan fingerprint density at radius 3 is 2.23 bits per heavy atom. The summed E-state index contributed by atoms with van der Waals surface area (Å²) in [5.74, 6) is -3.77. The molecule has 0 radical (unpaired) electrons. The second-order valence-electron chi connectivity index (χ2n) is 7.26. The van der Waals surface area contributed by atoms with Crippen molar-refractivity contribution in [1.82, 2.24) is 10.2 Å². The average molecular weight is 421 g/mol. The van der Waals surface area contributed by atoms with Crippen molar-refractivity contribution in [3.8, 4) is 0 Å². The molecule has 9 nitrogen and oxygen atoms in total. The van der Waals surface area contributed by atoms with Crippen molar-refractivity contribution >= 4 is 23.7 Å². The van der Waals surface area contributed by atoms with E-state index in [1.165, 1.54) is 6.92 Å². The van der Waals surface area contributed by atoms with Gasteiger partial charge in [-0.15, -0.1) is 0 Å². The Kier molecular flexibility index (Phi) is 10.1. The third-order valence-corrected chi connectivity index (χ3v) is 4.99. The number of hydrogen-bond donors (Lipinski definition) is 4. The van der Waals surface area contributed by atoms with Gasteiger partial charge in [0.2, 0.25) is 17.7 Å². The van der Waals surface area contributed by atoms with E-state index < -0.39 is 48.4 Å². The van der Waals surface area contributed by atoms with Gasteiger partial charge in [-0.1, -0.05) is 50.6 Å². The standard InChI is InChI=1S/C21H31N3O6/c1-4-13(2)18(22)20(28)24(17(26)10-11-25)16(12-15-8-6-5-7-9-15)19(27)23-14(3)21(29)30/h5-9,13-14,16,18,25H,4,10-12,22H2,1-3H3,(H,23,27)(H,29,30)/t13-,14-,16-,18+/m0/s1. The highest BCUT2D eigenvalue weighted by atomic mass is 16.4. The largest absolute Gasteiger partial charge is 0.480 e. The highest BCUT2D eigenvalue weighted by Gasteiger charge is 2.38. The molecule has 4 atom stereocenters. The topological polar surface area (TPSA) is 150 Å². The van der Waals surface area contributed by atoms with Crippen molar-refractivity contribution in [3.63, 3.8) is 0 Å². The van der Waals surface area contributed by atoms with Crippen LogP contribution in [0.4, 0.5) is 0 Å². The van der Waals surface area contributed by atoms with Crippen molar-refractivity contribution in [3.05, 3.63) is 35.9 Å². The zero-order valence-electron chi connectivity index (χ0n) is 17.6. The molecule has 5 N–H and O–H groups in total. The Hall–Kier alpha value is -2.78. The van der Waals surface area contributed by atoms with Gasteiger partial charge >= 0.3 is 5.97 Å². The quantitative estimate of drug-likeness (QED) is 0.401. The molecule has 0 fully saturated rings. The highest BCUT2D eigenvalue weighted by molar-refractivity contribution is 6.03. The number of carbonyl (C=O) groups is 4. The van der Waals surface area contributed by atoms with Crippen LogP contribution in [0.3, 0.4) is 0 Å². The van der Waals surface area contributed by atoms with Crippen molar-refractivity contribution in [2.75, 3.05) is 6.61 Å². The fourth-order valence-corrected chi connectivity index (χ4v) is 2.83. The molecule has 3 amide bonds. The van der Waals surface area contributed by atoms with E-state index in [9.17, 15) is 24.3 Å². The molecule has 1 aromatic rings. The minimum absolute atomic E-state index is 0.0187. The van der Waals surface area contributed by atoms with Crippen LogP contribution in [-0.4, -0.2) is 63.5 Å². The number of rotatable bonds is 11. The van der Waals surface area contributed by atoms with Crippen LogP contribution >= 0.6 is 0 Å². The van der Waals surface area contributed by atoms with E-state index in [1.54, 1.807) is 37.3 Å². The lowest BCUT2D eigenvalue weighted by Gasteiger charge is -2.33. The van der Waals surface area contributed by atoms with E-state index in [4.69, 9.17) is 10.8 Å². The first kappa shape index (κ1) is 25.3. The van der Waals surface area contributed by atoms with E-state index in [0.717, 1.165) is 4.90 Å². The van der Waals surface area contributed by atoms with Gasteiger partial charge in [0.15, 0.2) is 0 Å². The lowest BCUT2D eigenvalue weighted by Crippen LogP contribution is -2.59. The summed E-state index contributed by atoms with van der Waals surface area (Å²) in [5, 5.41) is 20.7. The van der Waals surface area contributed by atoms with Gasteiger partial charge in [0.1, 0.15) is 12.1 Å². The Labute approximate surface area is 176 Å². The number of imide groups is 1. The molecule has 0 spiro atoms. The van der Waals surface area contributed by atoms with Crippen LogP contribution in [0.1, 0.15) is 39.2 Å². The third kappa shape index (κ3) is 6.93. The van der Waals surface area contributed by atoms with Crippen molar-refractivity contribution in [1.29, 1.82) is 0 Å². The summed E-state index contributed by atoms with van der Waals surface area (Å²) in [6.07, 6.45) is 0.196. The van der Waals surface area contributed by atoms with Gasteiger partial charge < -0.3 is 21.3 Å². The van der Waals surface area contributed by atoms with Gasteiger partial charge in [0, 0.05) is 6.42 Å². The number of carbonyl (C=O) groups excluding carboxylic acids is 3. The SMILES string of the molecule is CC[C@H](C)[C@@H](N)C(=O)N(C(=O)CCO)[C@@H](Cc1ccccc1)C(=O)N[C@@H](C)C(=O)O. The van der Waals surface area contributed by atoms with E-state index in [1.807, 2.05) is 6.92 Å². The number of carboxylic acid groups (broad SMARTS) is 1. The van der Waals surface area contributed by atoms with Gasteiger partial charge in [0.25, 0.3) is 0 Å².